The minimum absolute atomic E-state index is 0.117. The van der Waals surface area contributed by atoms with E-state index in [1.165, 1.54) is 4.80 Å². The summed E-state index contributed by atoms with van der Waals surface area (Å²) in [6.45, 7) is 3.05. The minimum atomic E-state index is -0.117. The lowest BCUT2D eigenvalue weighted by molar-refractivity contribution is 0.215. The first-order chi connectivity index (χ1) is 14.2. The molecule has 1 aromatic carbocycles. The number of methoxy groups -OCH3 is 1. The number of pyridine rings is 1. The SMILES string of the molecule is COc1ccc(N2CCCN(C(=O)Nc3ccc(-n4nccn4)nc3)CC2)cc1. The standard InChI is InChI=1S/C20H23N7O2/c1-29-18-6-4-17(5-7-18)25-11-2-12-26(14-13-25)20(28)24-16-3-8-19(21-15-16)27-22-9-10-23-27/h3-10,15H,2,11-14H2,1H3,(H,24,28). The van der Waals surface area contributed by atoms with Crippen LogP contribution >= 0.6 is 0 Å². The Morgan fingerprint density at radius 2 is 1.79 bits per heavy atom. The highest BCUT2D eigenvalue weighted by Gasteiger charge is 2.19. The zero-order chi connectivity index (χ0) is 20.1. The summed E-state index contributed by atoms with van der Waals surface area (Å²) in [4.78, 5) is 22.5. The number of amides is 2. The van der Waals surface area contributed by atoms with Crippen molar-refractivity contribution >= 4 is 17.4 Å². The van der Waals surface area contributed by atoms with Gasteiger partial charge in [0.05, 0.1) is 31.4 Å². The van der Waals surface area contributed by atoms with Crippen LogP contribution < -0.4 is 15.0 Å². The Kier molecular flexibility index (Phi) is 5.55. The van der Waals surface area contributed by atoms with Gasteiger partial charge in [-0.3, -0.25) is 0 Å². The number of aromatic nitrogens is 4. The fraction of sp³-hybridized carbons (Fsp3) is 0.300. The number of nitrogens with zero attached hydrogens (tertiary/aromatic N) is 6. The van der Waals surface area contributed by atoms with Gasteiger partial charge in [0.25, 0.3) is 0 Å². The molecule has 0 bridgehead atoms. The minimum Gasteiger partial charge on any atom is -0.497 e. The van der Waals surface area contributed by atoms with E-state index in [1.54, 1.807) is 37.8 Å². The number of urea groups is 1. The highest BCUT2D eigenvalue weighted by atomic mass is 16.5. The van der Waals surface area contributed by atoms with Crippen LogP contribution in [0.5, 0.6) is 5.75 Å². The summed E-state index contributed by atoms with van der Waals surface area (Å²) in [6, 6.07) is 11.5. The number of hydrogen-bond acceptors (Lipinski definition) is 6. The Hall–Kier alpha value is -3.62. The smallest absolute Gasteiger partial charge is 0.321 e. The van der Waals surface area contributed by atoms with Gasteiger partial charge in [0.15, 0.2) is 5.82 Å². The van der Waals surface area contributed by atoms with Crippen molar-refractivity contribution in [1.82, 2.24) is 24.9 Å². The van der Waals surface area contributed by atoms with Crippen molar-refractivity contribution in [2.45, 2.75) is 6.42 Å². The molecule has 3 aromatic rings. The third-order valence-electron chi connectivity index (χ3n) is 4.84. The van der Waals surface area contributed by atoms with Crippen LogP contribution in [-0.2, 0) is 0 Å². The van der Waals surface area contributed by atoms with E-state index in [2.05, 4.69) is 37.5 Å². The third-order valence-corrected chi connectivity index (χ3v) is 4.84. The van der Waals surface area contributed by atoms with E-state index in [0.717, 1.165) is 30.9 Å². The summed E-state index contributed by atoms with van der Waals surface area (Å²) in [5, 5.41) is 11.0. The molecule has 3 heterocycles. The summed E-state index contributed by atoms with van der Waals surface area (Å²) in [5.41, 5.74) is 1.78. The Morgan fingerprint density at radius 3 is 2.48 bits per heavy atom. The molecule has 1 aliphatic heterocycles. The Bertz CT molecular complexity index is 926. The second-order valence-corrected chi connectivity index (χ2v) is 6.68. The first-order valence-electron chi connectivity index (χ1n) is 9.50. The molecule has 9 heteroatoms. The molecule has 1 saturated heterocycles. The third kappa shape index (κ3) is 4.45. The van der Waals surface area contributed by atoms with Gasteiger partial charge in [0.1, 0.15) is 5.75 Å². The summed E-state index contributed by atoms with van der Waals surface area (Å²) in [5.74, 6) is 1.44. The number of hydrogen-bond donors (Lipinski definition) is 1. The van der Waals surface area contributed by atoms with Gasteiger partial charge in [-0.05, 0) is 42.8 Å². The van der Waals surface area contributed by atoms with Crippen molar-refractivity contribution < 1.29 is 9.53 Å². The van der Waals surface area contributed by atoms with Crippen molar-refractivity contribution in [1.29, 1.82) is 0 Å². The van der Waals surface area contributed by atoms with Crippen LogP contribution in [0.4, 0.5) is 16.2 Å². The van der Waals surface area contributed by atoms with Gasteiger partial charge in [-0.2, -0.15) is 10.2 Å². The quantitative estimate of drug-likeness (QED) is 0.732. The number of ether oxygens (including phenoxy) is 1. The summed E-state index contributed by atoms with van der Waals surface area (Å²) in [7, 11) is 1.66. The molecule has 0 aliphatic carbocycles. The molecule has 2 aromatic heterocycles. The maximum absolute atomic E-state index is 12.7. The molecule has 0 radical (unpaired) electrons. The molecule has 0 unspecified atom stereocenters. The highest BCUT2D eigenvalue weighted by Crippen LogP contribution is 2.21. The Balaban J connectivity index is 1.34. The van der Waals surface area contributed by atoms with Crippen LogP contribution in [0.2, 0.25) is 0 Å². The van der Waals surface area contributed by atoms with E-state index in [0.29, 0.717) is 24.6 Å². The van der Waals surface area contributed by atoms with Crippen LogP contribution in [0.25, 0.3) is 5.82 Å². The van der Waals surface area contributed by atoms with Crippen LogP contribution in [-0.4, -0.2) is 64.2 Å². The van der Waals surface area contributed by atoms with Crippen LogP contribution in [0, 0.1) is 0 Å². The molecular formula is C20H23N7O2. The number of rotatable bonds is 4. The first-order valence-corrected chi connectivity index (χ1v) is 9.50. The van der Waals surface area contributed by atoms with Gasteiger partial charge in [-0.25, -0.2) is 9.78 Å². The summed E-state index contributed by atoms with van der Waals surface area (Å²) in [6.07, 6.45) is 5.69. The molecule has 0 atom stereocenters. The van der Waals surface area contributed by atoms with Gasteiger partial charge in [-0.15, -0.1) is 4.80 Å². The molecule has 0 spiro atoms. The molecule has 4 rings (SSSR count). The second-order valence-electron chi connectivity index (χ2n) is 6.68. The predicted octanol–water partition coefficient (Wildman–Crippen LogP) is 2.42. The number of carbonyl (C=O) groups excluding carboxylic acids is 1. The van der Waals surface area contributed by atoms with Crippen LogP contribution in [0.3, 0.4) is 0 Å². The zero-order valence-corrected chi connectivity index (χ0v) is 16.2. The predicted molar refractivity (Wildman–Crippen MR) is 110 cm³/mol. The summed E-state index contributed by atoms with van der Waals surface area (Å²) >= 11 is 0. The number of nitrogens with one attached hydrogen (secondary N) is 1. The van der Waals surface area contributed by atoms with Crippen molar-refractivity contribution in [2.24, 2.45) is 0 Å². The number of benzene rings is 1. The van der Waals surface area contributed by atoms with Crippen molar-refractivity contribution in [2.75, 3.05) is 43.5 Å². The number of carbonyl (C=O) groups is 1. The number of anilines is 2. The fourth-order valence-electron chi connectivity index (χ4n) is 3.29. The van der Waals surface area contributed by atoms with E-state index in [9.17, 15) is 4.79 Å². The van der Waals surface area contributed by atoms with Gasteiger partial charge < -0.3 is 19.9 Å². The topological polar surface area (TPSA) is 88.4 Å². The maximum Gasteiger partial charge on any atom is 0.321 e. The van der Waals surface area contributed by atoms with Gasteiger partial charge in [0, 0.05) is 31.9 Å². The summed E-state index contributed by atoms with van der Waals surface area (Å²) < 4.78 is 5.22. The van der Waals surface area contributed by atoms with E-state index in [1.807, 2.05) is 17.0 Å². The molecule has 29 heavy (non-hydrogen) atoms. The van der Waals surface area contributed by atoms with Gasteiger partial charge >= 0.3 is 6.03 Å². The van der Waals surface area contributed by atoms with E-state index in [-0.39, 0.29) is 6.03 Å². The lowest BCUT2D eigenvalue weighted by atomic mass is 10.2. The molecule has 2 amide bonds. The van der Waals surface area contributed by atoms with Crippen LogP contribution in [0.15, 0.2) is 55.0 Å². The van der Waals surface area contributed by atoms with Crippen LogP contribution in [0.1, 0.15) is 6.42 Å². The fourth-order valence-corrected chi connectivity index (χ4v) is 3.29. The van der Waals surface area contributed by atoms with Crippen molar-refractivity contribution in [3.8, 4) is 11.6 Å². The zero-order valence-electron chi connectivity index (χ0n) is 16.2. The monoisotopic (exact) mass is 393 g/mol. The molecular weight excluding hydrogens is 370 g/mol. The first kappa shape index (κ1) is 18.7. The van der Waals surface area contributed by atoms with Gasteiger partial charge in [0.2, 0.25) is 0 Å². The Labute approximate surface area is 168 Å². The van der Waals surface area contributed by atoms with E-state index in [4.69, 9.17) is 4.74 Å². The lowest BCUT2D eigenvalue weighted by Gasteiger charge is -2.24. The lowest BCUT2D eigenvalue weighted by Crippen LogP contribution is -2.38. The molecule has 150 valence electrons. The highest BCUT2D eigenvalue weighted by molar-refractivity contribution is 5.89. The average molecular weight is 393 g/mol. The maximum atomic E-state index is 12.7. The molecule has 0 saturated carbocycles. The molecule has 1 N–H and O–H groups in total. The van der Waals surface area contributed by atoms with E-state index >= 15 is 0 Å². The second kappa shape index (κ2) is 8.59. The largest absolute Gasteiger partial charge is 0.497 e. The average Bonchev–Trinajstić information content (AvgIpc) is 3.19. The Morgan fingerprint density at radius 1 is 1.00 bits per heavy atom. The van der Waals surface area contributed by atoms with Crippen molar-refractivity contribution in [3.05, 3.63) is 55.0 Å². The molecule has 1 aliphatic rings. The normalized spacial score (nSPS) is 14.4. The van der Waals surface area contributed by atoms with Crippen molar-refractivity contribution in [3.63, 3.8) is 0 Å². The van der Waals surface area contributed by atoms with E-state index < -0.39 is 0 Å². The van der Waals surface area contributed by atoms with Gasteiger partial charge in [-0.1, -0.05) is 0 Å². The molecule has 1 fully saturated rings. The molecule has 9 nitrogen and oxygen atoms in total.